The average molecular weight is 273 g/mol. The standard InChI is InChI=1S/C15H19N3O2/c1-12(2)20-15(19)7-8-17-9-10-18(16-17)14-6-4-5-13(3)11-14/h4-12,16H,1-3H3/b8-7+. The highest BCUT2D eigenvalue weighted by atomic mass is 16.5. The molecule has 1 aliphatic rings. The maximum atomic E-state index is 11.4. The Kier molecular flexibility index (Phi) is 4.42. The van der Waals surface area contributed by atoms with E-state index in [2.05, 4.69) is 11.6 Å². The van der Waals surface area contributed by atoms with Gasteiger partial charge in [-0.1, -0.05) is 12.1 Å². The second-order valence-electron chi connectivity index (χ2n) is 4.82. The van der Waals surface area contributed by atoms with Gasteiger partial charge >= 0.3 is 5.97 Å². The van der Waals surface area contributed by atoms with Crippen molar-refractivity contribution in [1.29, 1.82) is 0 Å². The molecule has 0 atom stereocenters. The number of aryl methyl sites for hydroxylation is 1. The molecule has 1 aromatic carbocycles. The monoisotopic (exact) mass is 273 g/mol. The van der Waals surface area contributed by atoms with Crippen molar-refractivity contribution >= 4 is 11.7 Å². The maximum absolute atomic E-state index is 11.4. The van der Waals surface area contributed by atoms with E-state index >= 15 is 0 Å². The number of carbonyl (C=O) groups excluding carboxylic acids is 1. The predicted molar refractivity (Wildman–Crippen MR) is 78.1 cm³/mol. The van der Waals surface area contributed by atoms with Gasteiger partial charge in [0, 0.05) is 24.7 Å². The van der Waals surface area contributed by atoms with Crippen LogP contribution in [0.3, 0.4) is 0 Å². The summed E-state index contributed by atoms with van der Waals surface area (Å²) in [5, 5.41) is 3.55. The molecule has 0 spiro atoms. The van der Waals surface area contributed by atoms with E-state index in [1.807, 2.05) is 56.4 Å². The van der Waals surface area contributed by atoms with E-state index in [9.17, 15) is 4.79 Å². The largest absolute Gasteiger partial charge is 0.460 e. The number of anilines is 1. The lowest BCUT2D eigenvalue weighted by molar-refractivity contribution is -0.141. The summed E-state index contributed by atoms with van der Waals surface area (Å²) in [6.07, 6.45) is 6.60. The maximum Gasteiger partial charge on any atom is 0.332 e. The van der Waals surface area contributed by atoms with Crippen molar-refractivity contribution in [3.63, 3.8) is 0 Å². The first-order valence-electron chi connectivity index (χ1n) is 6.52. The lowest BCUT2D eigenvalue weighted by atomic mass is 10.2. The minimum Gasteiger partial charge on any atom is -0.460 e. The molecule has 0 bridgehead atoms. The zero-order chi connectivity index (χ0) is 14.5. The summed E-state index contributed by atoms with van der Waals surface area (Å²) < 4.78 is 5.02. The van der Waals surface area contributed by atoms with E-state index in [4.69, 9.17) is 4.74 Å². The molecule has 1 aliphatic heterocycles. The van der Waals surface area contributed by atoms with Crippen LogP contribution in [0.25, 0.3) is 0 Å². The minimum atomic E-state index is -0.357. The SMILES string of the molecule is Cc1cccc(N2C=CN(/C=C/C(=O)OC(C)C)N2)c1. The molecule has 20 heavy (non-hydrogen) atoms. The summed E-state index contributed by atoms with van der Waals surface area (Å²) in [6.45, 7) is 5.68. The molecule has 1 N–H and O–H groups in total. The number of ether oxygens (including phenoxy) is 1. The Morgan fingerprint density at radius 1 is 1.35 bits per heavy atom. The van der Waals surface area contributed by atoms with E-state index in [0.29, 0.717) is 0 Å². The van der Waals surface area contributed by atoms with Crippen molar-refractivity contribution in [1.82, 2.24) is 10.5 Å². The summed E-state index contributed by atoms with van der Waals surface area (Å²) in [6, 6.07) is 8.11. The third-order valence-corrected chi connectivity index (χ3v) is 2.60. The van der Waals surface area contributed by atoms with Crippen LogP contribution in [0, 0.1) is 6.92 Å². The molecular formula is C15H19N3O2. The van der Waals surface area contributed by atoms with Crippen LogP contribution >= 0.6 is 0 Å². The number of benzene rings is 1. The van der Waals surface area contributed by atoms with Crippen LogP contribution < -0.4 is 10.5 Å². The number of nitrogens with one attached hydrogen (secondary N) is 1. The van der Waals surface area contributed by atoms with Crippen molar-refractivity contribution in [3.8, 4) is 0 Å². The fourth-order valence-electron chi connectivity index (χ4n) is 1.75. The highest BCUT2D eigenvalue weighted by Crippen LogP contribution is 2.17. The third-order valence-electron chi connectivity index (χ3n) is 2.60. The summed E-state index contributed by atoms with van der Waals surface area (Å²) >= 11 is 0. The van der Waals surface area contributed by atoms with Gasteiger partial charge in [-0.15, -0.1) is 5.53 Å². The Morgan fingerprint density at radius 2 is 2.15 bits per heavy atom. The Hall–Kier alpha value is -2.27. The number of hydrogen-bond acceptors (Lipinski definition) is 5. The van der Waals surface area contributed by atoms with Gasteiger partial charge in [-0.3, -0.25) is 10.0 Å². The number of hydrazine groups is 2. The Labute approximate surface area is 119 Å². The van der Waals surface area contributed by atoms with Crippen molar-refractivity contribution in [3.05, 3.63) is 54.5 Å². The quantitative estimate of drug-likeness (QED) is 0.674. The van der Waals surface area contributed by atoms with E-state index in [0.717, 1.165) is 5.69 Å². The van der Waals surface area contributed by atoms with Gasteiger partial charge in [0.05, 0.1) is 11.8 Å². The zero-order valence-corrected chi connectivity index (χ0v) is 11.9. The van der Waals surface area contributed by atoms with Gasteiger partial charge in [0.15, 0.2) is 0 Å². The number of hydrogen-bond donors (Lipinski definition) is 1. The van der Waals surface area contributed by atoms with Crippen LogP contribution in [-0.2, 0) is 9.53 Å². The molecule has 0 radical (unpaired) electrons. The summed E-state index contributed by atoms with van der Waals surface area (Å²) in [4.78, 5) is 11.4. The molecule has 106 valence electrons. The molecular weight excluding hydrogens is 254 g/mol. The molecule has 0 amide bonds. The molecule has 5 nitrogen and oxygen atoms in total. The predicted octanol–water partition coefficient (Wildman–Crippen LogP) is 2.47. The summed E-state index contributed by atoms with van der Waals surface area (Å²) in [5.74, 6) is -0.357. The van der Waals surface area contributed by atoms with Crippen LogP contribution in [0.5, 0.6) is 0 Å². The molecule has 5 heteroatoms. The number of rotatable bonds is 4. The molecule has 0 saturated carbocycles. The molecule has 1 heterocycles. The number of nitrogens with zero attached hydrogens (tertiary/aromatic N) is 2. The molecule has 0 unspecified atom stereocenters. The molecule has 0 aliphatic carbocycles. The molecule has 2 rings (SSSR count). The molecule has 0 saturated heterocycles. The van der Waals surface area contributed by atoms with Gasteiger partial charge in [0.2, 0.25) is 0 Å². The normalized spacial score (nSPS) is 14.6. The highest BCUT2D eigenvalue weighted by Gasteiger charge is 2.11. The lowest BCUT2D eigenvalue weighted by Gasteiger charge is -2.20. The molecule has 0 aromatic heterocycles. The van der Waals surface area contributed by atoms with E-state index in [1.54, 1.807) is 11.2 Å². The van der Waals surface area contributed by atoms with Crippen LogP contribution in [-0.4, -0.2) is 17.1 Å². The average Bonchev–Trinajstić information content (AvgIpc) is 2.84. The third kappa shape index (κ3) is 3.86. The Morgan fingerprint density at radius 3 is 2.85 bits per heavy atom. The van der Waals surface area contributed by atoms with Gasteiger partial charge in [0.1, 0.15) is 0 Å². The topological polar surface area (TPSA) is 44.8 Å². The number of carbonyl (C=O) groups is 1. The fourth-order valence-corrected chi connectivity index (χ4v) is 1.75. The number of esters is 1. The Balaban J connectivity index is 1.92. The Bertz CT molecular complexity index is 538. The first-order chi connectivity index (χ1) is 9.54. The van der Waals surface area contributed by atoms with Gasteiger partial charge in [-0.25, -0.2) is 4.79 Å². The first kappa shape index (κ1) is 14.1. The molecule has 1 aromatic rings. The second-order valence-corrected chi connectivity index (χ2v) is 4.82. The van der Waals surface area contributed by atoms with Crippen molar-refractivity contribution in [2.24, 2.45) is 0 Å². The van der Waals surface area contributed by atoms with Crippen LogP contribution in [0.15, 0.2) is 48.9 Å². The van der Waals surface area contributed by atoms with Gasteiger partial charge in [-0.05, 0) is 38.5 Å². The minimum absolute atomic E-state index is 0.113. The van der Waals surface area contributed by atoms with Crippen molar-refractivity contribution < 1.29 is 9.53 Å². The van der Waals surface area contributed by atoms with E-state index < -0.39 is 0 Å². The summed E-state index contributed by atoms with van der Waals surface area (Å²) in [5.41, 5.74) is 5.32. The van der Waals surface area contributed by atoms with Crippen LogP contribution in [0.1, 0.15) is 19.4 Å². The highest BCUT2D eigenvalue weighted by molar-refractivity contribution is 5.81. The smallest absolute Gasteiger partial charge is 0.332 e. The fraction of sp³-hybridized carbons (Fsp3) is 0.267. The van der Waals surface area contributed by atoms with E-state index in [-0.39, 0.29) is 12.1 Å². The summed E-state index contributed by atoms with van der Waals surface area (Å²) in [7, 11) is 0. The van der Waals surface area contributed by atoms with Crippen LogP contribution in [0.4, 0.5) is 5.69 Å². The first-order valence-corrected chi connectivity index (χ1v) is 6.52. The lowest BCUT2D eigenvalue weighted by Crippen LogP contribution is -2.36. The van der Waals surface area contributed by atoms with Gasteiger partial charge in [0.25, 0.3) is 0 Å². The van der Waals surface area contributed by atoms with Crippen molar-refractivity contribution in [2.45, 2.75) is 26.9 Å². The van der Waals surface area contributed by atoms with Crippen molar-refractivity contribution in [2.75, 3.05) is 5.01 Å². The molecule has 0 fully saturated rings. The van der Waals surface area contributed by atoms with Gasteiger partial charge < -0.3 is 4.74 Å². The second kappa shape index (κ2) is 6.25. The zero-order valence-electron chi connectivity index (χ0n) is 11.9. The van der Waals surface area contributed by atoms with Crippen LogP contribution in [0.2, 0.25) is 0 Å². The van der Waals surface area contributed by atoms with E-state index in [1.165, 1.54) is 11.6 Å². The van der Waals surface area contributed by atoms with Gasteiger partial charge in [-0.2, -0.15) is 0 Å².